The van der Waals surface area contributed by atoms with Gasteiger partial charge in [0.2, 0.25) is 0 Å². The summed E-state index contributed by atoms with van der Waals surface area (Å²) in [5.41, 5.74) is 0. The van der Waals surface area contributed by atoms with Gasteiger partial charge in [-0.3, -0.25) is 14.4 Å². The topological polar surface area (TPSA) is 108 Å². The van der Waals surface area contributed by atoms with Crippen molar-refractivity contribution < 1.29 is 42.8 Å². The number of aliphatic hydroxyl groups excluding tert-OH is 1. The summed E-state index contributed by atoms with van der Waals surface area (Å²) < 4.78 is 33.2. The van der Waals surface area contributed by atoms with E-state index in [2.05, 4.69) is 0 Å². The van der Waals surface area contributed by atoms with Crippen LogP contribution in [-0.2, 0) is 33.3 Å². The third-order valence-electron chi connectivity index (χ3n) is 2.65. The lowest BCUT2D eigenvalue weighted by Gasteiger charge is -2.40. The second-order valence-corrected chi connectivity index (χ2v) is 4.46. The highest BCUT2D eigenvalue weighted by molar-refractivity contribution is 5.67. The minimum absolute atomic E-state index is 0.394. The van der Waals surface area contributed by atoms with E-state index >= 15 is 0 Å². The molecule has 1 saturated heterocycles. The van der Waals surface area contributed by atoms with Gasteiger partial charge in [-0.05, 0) is 0 Å². The molecule has 0 bridgehead atoms. The summed E-state index contributed by atoms with van der Waals surface area (Å²) >= 11 is 0. The van der Waals surface area contributed by atoms with Crippen molar-refractivity contribution in [3.63, 3.8) is 0 Å². The van der Waals surface area contributed by atoms with Gasteiger partial charge < -0.3 is 24.1 Å². The molecule has 1 fully saturated rings. The second kappa shape index (κ2) is 7.32. The van der Waals surface area contributed by atoms with E-state index in [1.807, 2.05) is 0 Å². The average Bonchev–Trinajstić information content (AvgIpc) is 2.35. The Morgan fingerprint density at radius 1 is 1.05 bits per heavy atom. The highest BCUT2D eigenvalue weighted by Gasteiger charge is 2.50. The van der Waals surface area contributed by atoms with Gasteiger partial charge in [0.25, 0.3) is 0 Å². The van der Waals surface area contributed by atoms with Crippen LogP contribution in [0.3, 0.4) is 0 Å². The Balaban J connectivity index is 2.94. The maximum Gasteiger partial charge on any atom is 0.303 e. The predicted octanol–water partition coefficient (Wildman–Crippen LogP) is -0.532. The Morgan fingerprint density at radius 3 is 2.05 bits per heavy atom. The van der Waals surface area contributed by atoms with Crippen LogP contribution in [0.25, 0.3) is 0 Å². The van der Waals surface area contributed by atoms with Crippen molar-refractivity contribution in [3.05, 3.63) is 0 Å². The Morgan fingerprint density at radius 2 is 1.57 bits per heavy atom. The zero-order valence-electron chi connectivity index (χ0n) is 11.8. The molecule has 5 atom stereocenters. The molecule has 0 spiro atoms. The standard InChI is InChI=1S/C12H17FO8/c1-5(14)18-4-8-10(19-6(2)15)11(20-7(3)16)9(13)12(17)21-8/h8-12,17H,4H2,1-3H3/t8-,9+,10+,11-,12+/m1/s1. The quantitative estimate of drug-likeness (QED) is 0.545. The molecule has 1 N–H and O–H groups in total. The van der Waals surface area contributed by atoms with Crippen molar-refractivity contribution in [3.8, 4) is 0 Å². The summed E-state index contributed by atoms with van der Waals surface area (Å²) in [5, 5.41) is 9.48. The lowest BCUT2D eigenvalue weighted by atomic mass is 9.99. The Kier molecular flexibility index (Phi) is 6.03. The van der Waals surface area contributed by atoms with Crippen LogP contribution >= 0.6 is 0 Å². The first-order valence-corrected chi connectivity index (χ1v) is 6.17. The fraction of sp³-hybridized carbons (Fsp3) is 0.750. The van der Waals surface area contributed by atoms with E-state index in [0.717, 1.165) is 20.8 Å². The number of hydrogen-bond donors (Lipinski definition) is 1. The van der Waals surface area contributed by atoms with E-state index in [9.17, 15) is 23.9 Å². The normalized spacial score (nSPS) is 32.1. The van der Waals surface area contributed by atoms with Gasteiger partial charge in [-0.25, -0.2) is 4.39 Å². The van der Waals surface area contributed by atoms with Crippen LogP contribution in [0, 0.1) is 0 Å². The largest absolute Gasteiger partial charge is 0.463 e. The Labute approximate surface area is 120 Å². The van der Waals surface area contributed by atoms with E-state index in [1.165, 1.54) is 0 Å². The smallest absolute Gasteiger partial charge is 0.303 e. The zero-order chi connectivity index (χ0) is 16.2. The number of halogens is 1. The maximum atomic E-state index is 13.9. The van der Waals surface area contributed by atoms with E-state index in [1.54, 1.807) is 0 Å². The Hall–Kier alpha value is -1.74. The fourth-order valence-electron chi connectivity index (χ4n) is 1.88. The number of aliphatic hydroxyl groups is 1. The van der Waals surface area contributed by atoms with Crippen molar-refractivity contribution >= 4 is 17.9 Å². The fourth-order valence-corrected chi connectivity index (χ4v) is 1.88. The number of carbonyl (C=O) groups excluding carboxylic acids is 3. The monoisotopic (exact) mass is 308 g/mol. The van der Waals surface area contributed by atoms with Gasteiger partial charge in [-0.1, -0.05) is 0 Å². The predicted molar refractivity (Wildman–Crippen MR) is 63.5 cm³/mol. The van der Waals surface area contributed by atoms with Crippen LogP contribution in [0.2, 0.25) is 0 Å². The first kappa shape index (κ1) is 17.3. The molecule has 0 aliphatic carbocycles. The molecule has 0 amide bonds. The van der Waals surface area contributed by atoms with Crippen molar-refractivity contribution in [1.82, 2.24) is 0 Å². The summed E-state index contributed by atoms with van der Waals surface area (Å²) in [6.07, 6.45) is -8.07. The van der Waals surface area contributed by atoms with Crippen LogP contribution in [0.1, 0.15) is 20.8 Å². The summed E-state index contributed by atoms with van der Waals surface area (Å²) in [6, 6.07) is 0. The maximum absolute atomic E-state index is 13.9. The molecule has 8 nitrogen and oxygen atoms in total. The molecule has 0 aromatic rings. The average molecular weight is 308 g/mol. The zero-order valence-corrected chi connectivity index (χ0v) is 11.8. The van der Waals surface area contributed by atoms with Gasteiger partial charge in [-0.2, -0.15) is 0 Å². The van der Waals surface area contributed by atoms with Crippen LogP contribution in [0.5, 0.6) is 0 Å². The van der Waals surface area contributed by atoms with Crippen molar-refractivity contribution in [2.75, 3.05) is 6.61 Å². The molecule has 1 heterocycles. The highest BCUT2D eigenvalue weighted by Crippen LogP contribution is 2.27. The SMILES string of the molecule is CC(=O)OC[C@H]1O[C@H](O)[C@@H](F)[C@@H](OC(C)=O)[C@H]1OC(C)=O. The van der Waals surface area contributed by atoms with Crippen LogP contribution in [-0.4, -0.2) is 60.4 Å². The number of hydrogen-bond acceptors (Lipinski definition) is 8. The van der Waals surface area contributed by atoms with Gasteiger partial charge in [0, 0.05) is 20.8 Å². The van der Waals surface area contributed by atoms with Crippen LogP contribution in [0.15, 0.2) is 0 Å². The summed E-state index contributed by atoms with van der Waals surface area (Å²) in [4.78, 5) is 32.9. The van der Waals surface area contributed by atoms with Crippen molar-refractivity contribution in [1.29, 1.82) is 0 Å². The number of rotatable bonds is 4. The van der Waals surface area contributed by atoms with Gasteiger partial charge in [-0.15, -0.1) is 0 Å². The third kappa shape index (κ3) is 4.94. The van der Waals surface area contributed by atoms with E-state index < -0.39 is 55.3 Å². The summed E-state index contributed by atoms with van der Waals surface area (Å²) in [5.74, 6) is -2.22. The van der Waals surface area contributed by atoms with Gasteiger partial charge in [0.15, 0.2) is 24.7 Å². The first-order valence-electron chi connectivity index (χ1n) is 6.17. The van der Waals surface area contributed by atoms with E-state index in [4.69, 9.17) is 18.9 Å². The number of esters is 3. The van der Waals surface area contributed by atoms with Gasteiger partial charge in [0.1, 0.15) is 12.7 Å². The van der Waals surface area contributed by atoms with Gasteiger partial charge >= 0.3 is 17.9 Å². The van der Waals surface area contributed by atoms with Gasteiger partial charge in [0.05, 0.1) is 0 Å². The summed E-state index contributed by atoms with van der Waals surface area (Å²) in [7, 11) is 0. The minimum Gasteiger partial charge on any atom is -0.463 e. The lowest BCUT2D eigenvalue weighted by Crippen LogP contribution is -2.59. The number of ether oxygens (including phenoxy) is 4. The molecule has 0 aromatic carbocycles. The molecule has 0 unspecified atom stereocenters. The molecule has 9 heteroatoms. The molecule has 21 heavy (non-hydrogen) atoms. The molecule has 1 aliphatic rings. The van der Waals surface area contributed by atoms with Crippen molar-refractivity contribution in [2.45, 2.75) is 51.5 Å². The second-order valence-electron chi connectivity index (χ2n) is 4.46. The molecule has 0 saturated carbocycles. The molecule has 120 valence electrons. The Bertz CT molecular complexity index is 412. The molecular weight excluding hydrogens is 291 g/mol. The highest BCUT2D eigenvalue weighted by atomic mass is 19.1. The van der Waals surface area contributed by atoms with Crippen LogP contribution < -0.4 is 0 Å². The number of carbonyl (C=O) groups is 3. The third-order valence-corrected chi connectivity index (χ3v) is 2.65. The molecular formula is C12H17FO8. The van der Waals surface area contributed by atoms with Crippen LogP contribution in [0.4, 0.5) is 4.39 Å². The van der Waals surface area contributed by atoms with E-state index in [0.29, 0.717) is 0 Å². The minimum atomic E-state index is -2.10. The van der Waals surface area contributed by atoms with Crippen molar-refractivity contribution in [2.24, 2.45) is 0 Å². The molecule has 0 aromatic heterocycles. The van der Waals surface area contributed by atoms with E-state index in [-0.39, 0.29) is 0 Å². The molecule has 0 radical (unpaired) electrons. The number of alkyl halides is 1. The summed E-state index contributed by atoms with van der Waals surface area (Å²) in [6.45, 7) is 2.86. The molecule has 1 rings (SSSR count). The molecule has 1 aliphatic heterocycles. The first-order chi connectivity index (χ1) is 9.72. The lowest BCUT2D eigenvalue weighted by molar-refractivity contribution is -0.279.